The molecule has 1 aromatic carbocycles. The number of nitrogens with zero attached hydrogens (tertiary/aromatic N) is 2. The Morgan fingerprint density at radius 3 is 2.56 bits per heavy atom. The Labute approximate surface area is 97.3 Å². The smallest absolute Gasteiger partial charge is 0.123 e. The monoisotopic (exact) mass is 218 g/mol. The van der Waals surface area contributed by atoms with Crippen LogP contribution in [0.4, 0.5) is 0 Å². The molecule has 0 aromatic heterocycles. The highest BCUT2D eigenvalue weighted by atomic mass is 16.5. The van der Waals surface area contributed by atoms with Gasteiger partial charge in [-0.15, -0.1) is 0 Å². The SMILES string of the molecule is CCN(CC)C(C#N)c1cccc(OC)c1. The van der Waals surface area contributed by atoms with Gasteiger partial charge in [0.15, 0.2) is 0 Å². The van der Waals surface area contributed by atoms with Crippen LogP contribution in [0.25, 0.3) is 0 Å². The normalized spacial score (nSPS) is 12.2. The lowest BCUT2D eigenvalue weighted by Gasteiger charge is -2.24. The zero-order valence-corrected chi connectivity index (χ0v) is 10.1. The van der Waals surface area contributed by atoms with Crippen LogP contribution in [0.2, 0.25) is 0 Å². The first-order valence-corrected chi connectivity index (χ1v) is 5.54. The standard InChI is InChI=1S/C13H18N2O/c1-4-15(5-2)13(10-14)11-7-6-8-12(9-11)16-3/h6-9,13H,4-5H2,1-3H3. The average Bonchev–Trinajstić information content (AvgIpc) is 2.35. The van der Waals surface area contributed by atoms with Crippen molar-refractivity contribution < 1.29 is 4.74 Å². The minimum absolute atomic E-state index is 0.190. The van der Waals surface area contributed by atoms with E-state index >= 15 is 0 Å². The van der Waals surface area contributed by atoms with E-state index in [9.17, 15) is 5.26 Å². The highest BCUT2D eigenvalue weighted by Crippen LogP contribution is 2.23. The van der Waals surface area contributed by atoms with Gasteiger partial charge in [0.25, 0.3) is 0 Å². The molecule has 0 amide bonds. The molecule has 1 atom stereocenters. The first-order valence-electron chi connectivity index (χ1n) is 5.54. The molecule has 0 saturated heterocycles. The summed E-state index contributed by atoms with van der Waals surface area (Å²) in [5, 5.41) is 9.24. The van der Waals surface area contributed by atoms with E-state index in [4.69, 9.17) is 4.74 Å². The molecule has 0 saturated carbocycles. The minimum atomic E-state index is -0.190. The molecule has 3 nitrogen and oxygen atoms in total. The molecule has 1 rings (SSSR count). The van der Waals surface area contributed by atoms with Gasteiger partial charge in [-0.2, -0.15) is 5.26 Å². The van der Waals surface area contributed by atoms with Gasteiger partial charge in [0.05, 0.1) is 13.2 Å². The molecule has 0 radical (unpaired) electrons. The van der Waals surface area contributed by atoms with Crippen molar-refractivity contribution in [3.63, 3.8) is 0 Å². The second-order valence-corrected chi connectivity index (χ2v) is 3.53. The molecule has 1 aromatic rings. The van der Waals surface area contributed by atoms with E-state index in [-0.39, 0.29) is 6.04 Å². The summed E-state index contributed by atoms with van der Waals surface area (Å²) < 4.78 is 5.17. The Balaban J connectivity index is 2.99. The van der Waals surface area contributed by atoms with E-state index in [1.807, 2.05) is 24.3 Å². The maximum absolute atomic E-state index is 9.24. The highest BCUT2D eigenvalue weighted by Gasteiger charge is 2.17. The van der Waals surface area contributed by atoms with Crippen molar-refractivity contribution in [2.24, 2.45) is 0 Å². The number of ether oxygens (including phenoxy) is 1. The Kier molecular flexibility index (Phi) is 4.81. The van der Waals surface area contributed by atoms with Crippen LogP contribution >= 0.6 is 0 Å². The van der Waals surface area contributed by atoms with Gasteiger partial charge in [0.2, 0.25) is 0 Å². The molecule has 0 aliphatic carbocycles. The third kappa shape index (κ3) is 2.74. The van der Waals surface area contributed by atoms with Crippen molar-refractivity contribution in [3.05, 3.63) is 29.8 Å². The van der Waals surface area contributed by atoms with Crippen LogP contribution in [0.5, 0.6) is 5.75 Å². The summed E-state index contributed by atoms with van der Waals surface area (Å²) in [6.45, 7) is 5.86. The maximum Gasteiger partial charge on any atom is 0.123 e. The summed E-state index contributed by atoms with van der Waals surface area (Å²) in [5.74, 6) is 0.796. The van der Waals surface area contributed by atoms with Gasteiger partial charge in [0, 0.05) is 0 Å². The molecule has 0 N–H and O–H groups in total. The third-order valence-electron chi connectivity index (χ3n) is 2.71. The summed E-state index contributed by atoms with van der Waals surface area (Å²) in [6.07, 6.45) is 0. The maximum atomic E-state index is 9.24. The van der Waals surface area contributed by atoms with Crippen LogP contribution < -0.4 is 4.74 Å². The van der Waals surface area contributed by atoms with Crippen molar-refractivity contribution in [1.29, 1.82) is 5.26 Å². The highest BCUT2D eigenvalue weighted by molar-refractivity contribution is 5.33. The van der Waals surface area contributed by atoms with Crippen molar-refractivity contribution >= 4 is 0 Å². The first-order chi connectivity index (χ1) is 7.76. The molecule has 1 unspecified atom stereocenters. The van der Waals surface area contributed by atoms with E-state index in [0.29, 0.717) is 0 Å². The predicted octanol–water partition coefficient (Wildman–Crippen LogP) is 2.60. The topological polar surface area (TPSA) is 36.3 Å². The van der Waals surface area contributed by atoms with E-state index < -0.39 is 0 Å². The number of nitriles is 1. The molecule has 0 bridgehead atoms. The van der Waals surface area contributed by atoms with Gasteiger partial charge in [-0.1, -0.05) is 26.0 Å². The molecule has 0 spiro atoms. The average molecular weight is 218 g/mol. The second-order valence-electron chi connectivity index (χ2n) is 3.53. The van der Waals surface area contributed by atoms with Crippen LogP contribution in [0.15, 0.2) is 24.3 Å². The Morgan fingerprint density at radius 1 is 1.38 bits per heavy atom. The van der Waals surface area contributed by atoms with Crippen LogP contribution in [0, 0.1) is 11.3 Å². The quantitative estimate of drug-likeness (QED) is 0.762. The minimum Gasteiger partial charge on any atom is -0.497 e. The van der Waals surface area contributed by atoms with Crippen LogP contribution in [0.1, 0.15) is 25.5 Å². The van der Waals surface area contributed by atoms with E-state index in [2.05, 4.69) is 24.8 Å². The van der Waals surface area contributed by atoms with Gasteiger partial charge >= 0.3 is 0 Å². The fraction of sp³-hybridized carbons (Fsp3) is 0.462. The molecule has 0 fully saturated rings. The molecule has 0 aliphatic rings. The van der Waals surface area contributed by atoms with Gasteiger partial charge in [-0.05, 0) is 30.8 Å². The predicted molar refractivity (Wildman–Crippen MR) is 64.3 cm³/mol. The Hall–Kier alpha value is -1.53. The molecule has 16 heavy (non-hydrogen) atoms. The summed E-state index contributed by atoms with van der Waals surface area (Å²) >= 11 is 0. The van der Waals surface area contributed by atoms with Crippen LogP contribution in [-0.4, -0.2) is 25.1 Å². The van der Waals surface area contributed by atoms with Gasteiger partial charge < -0.3 is 4.74 Å². The Bertz CT molecular complexity index is 366. The van der Waals surface area contributed by atoms with Crippen molar-refractivity contribution in [1.82, 2.24) is 4.90 Å². The van der Waals surface area contributed by atoms with Gasteiger partial charge in [-0.25, -0.2) is 0 Å². The number of methoxy groups -OCH3 is 1. The largest absolute Gasteiger partial charge is 0.497 e. The van der Waals surface area contributed by atoms with Gasteiger partial charge in [0.1, 0.15) is 11.8 Å². The van der Waals surface area contributed by atoms with Crippen molar-refractivity contribution in [3.8, 4) is 11.8 Å². The van der Waals surface area contributed by atoms with Crippen molar-refractivity contribution in [2.45, 2.75) is 19.9 Å². The molecule has 3 heteroatoms. The molecular weight excluding hydrogens is 200 g/mol. The van der Waals surface area contributed by atoms with Crippen molar-refractivity contribution in [2.75, 3.05) is 20.2 Å². The lowest BCUT2D eigenvalue weighted by molar-refractivity contribution is 0.262. The van der Waals surface area contributed by atoms with Gasteiger partial charge in [-0.3, -0.25) is 4.90 Å². The molecular formula is C13H18N2O. The summed E-state index contributed by atoms with van der Waals surface area (Å²) in [7, 11) is 1.64. The second kappa shape index (κ2) is 6.14. The van der Waals surface area contributed by atoms with E-state index in [1.54, 1.807) is 7.11 Å². The molecule has 86 valence electrons. The number of rotatable bonds is 5. The van der Waals surface area contributed by atoms with E-state index in [0.717, 1.165) is 24.4 Å². The fourth-order valence-electron chi connectivity index (χ4n) is 1.77. The molecule has 0 heterocycles. The summed E-state index contributed by atoms with van der Waals surface area (Å²) in [5.41, 5.74) is 0.991. The van der Waals surface area contributed by atoms with Crippen LogP contribution in [-0.2, 0) is 0 Å². The fourth-order valence-corrected chi connectivity index (χ4v) is 1.77. The number of benzene rings is 1. The number of hydrogen-bond donors (Lipinski definition) is 0. The Morgan fingerprint density at radius 2 is 2.06 bits per heavy atom. The third-order valence-corrected chi connectivity index (χ3v) is 2.71. The molecule has 0 aliphatic heterocycles. The van der Waals surface area contributed by atoms with E-state index in [1.165, 1.54) is 0 Å². The lowest BCUT2D eigenvalue weighted by atomic mass is 10.1. The number of hydrogen-bond acceptors (Lipinski definition) is 3. The summed E-state index contributed by atoms with van der Waals surface area (Å²) in [4.78, 5) is 2.12. The van der Waals surface area contributed by atoms with Crippen LogP contribution in [0.3, 0.4) is 0 Å². The zero-order valence-electron chi connectivity index (χ0n) is 10.1. The summed E-state index contributed by atoms with van der Waals surface area (Å²) in [6, 6.07) is 9.85. The first kappa shape index (κ1) is 12.5. The lowest BCUT2D eigenvalue weighted by Crippen LogP contribution is -2.27. The zero-order chi connectivity index (χ0) is 12.0.